The smallest absolute Gasteiger partial charge is 0.339 e. The Hall–Kier alpha value is -0.860. The van der Waals surface area contributed by atoms with Crippen molar-refractivity contribution in [2.75, 3.05) is 33.3 Å². The van der Waals surface area contributed by atoms with E-state index < -0.39 is 16.0 Å². The van der Waals surface area contributed by atoms with Crippen molar-refractivity contribution in [2.45, 2.75) is 24.7 Å². The number of sulfonamides is 1. The van der Waals surface area contributed by atoms with Crippen molar-refractivity contribution in [1.82, 2.24) is 9.62 Å². The number of benzene rings is 1. The van der Waals surface area contributed by atoms with Gasteiger partial charge >= 0.3 is 5.97 Å². The van der Waals surface area contributed by atoms with Crippen molar-refractivity contribution in [1.29, 1.82) is 0 Å². The molecule has 0 saturated carbocycles. The number of piperidine rings is 1. The largest absolute Gasteiger partial charge is 0.465 e. The summed E-state index contributed by atoms with van der Waals surface area (Å²) in [5.74, 6) is -0.0881. The summed E-state index contributed by atoms with van der Waals surface area (Å²) in [6.45, 7) is 4.89. The molecular weight excluding hydrogens is 387 g/mol. The van der Waals surface area contributed by atoms with Gasteiger partial charge in [0.15, 0.2) is 0 Å². The van der Waals surface area contributed by atoms with Crippen molar-refractivity contribution >= 4 is 40.0 Å². The van der Waals surface area contributed by atoms with E-state index in [0.29, 0.717) is 19.0 Å². The molecule has 9 heteroatoms. The monoisotopic (exact) mass is 410 g/mol. The first-order valence-corrected chi connectivity index (χ1v) is 9.80. The van der Waals surface area contributed by atoms with Crippen molar-refractivity contribution in [3.63, 3.8) is 0 Å². The second-order valence-corrected chi connectivity index (χ2v) is 8.13. The number of ether oxygens (including phenoxy) is 1. The van der Waals surface area contributed by atoms with Crippen LogP contribution in [0.25, 0.3) is 0 Å². The summed E-state index contributed by atoms with van der Waals surface area (Å²) in [6, 6.07) is 4.10. The van der Waals surface area contributed by atoms with Gasteiger partial charge in [0, 0.05) is 13.1 Å². The number of carbonyl (C=O) groups is 1. The number of hydrogen-bond acceptors (Lipinski definition) is 5. The van der Waals surface area contributed by atoms with Gasteiger partial charge in [-0.1, -0.05) is 18.5 Å². The molecule has 0 aliphatic carbocycles. The molecule has 0 bridgehead atoms. The molecule has 0 aromatic heterocycles. The highest BCUT2D eigenvalue weighted by Gasteiger charge is 2.30. The van der Waals surface area contributed by atoms with E-state index in [1.165, 1.54) is 29.6 Å². The van der Waals surface area contributed by atoms with Crippen LogP contribution < -0.4 is 5.32 Å². The van der Waals surface area contributed by atoms with E-state index in [-0.39, 0.29) is 27.9 Å². The maximum Gasteiger partial charge on any atom is 0.339 e. The molecule has 0 atom stereocenters. The molecule has 6 nitrogen and oxygen atoms in total. The van der Waals surface area contributed by atoms with Crippen LogP contribution in [-0.2, 0) is 14.8 Å². The van der Waals surface area contributed by atoms with Crippen LogP contribution in [0.3, 0.4) is 0 Å². The predicted octanol–water partition coefficient (Wildman–Crippen LogP) is 2.56. The lowest BCUT2D eigenvalue weighted by molar-refractivity contribution is 0.0601. The summed E-state index contributed by atoms with van der Waals surface area (Å²) < 4.78 is 31.6. The summed E-state index contributed by atoms with van der Waals surface area (Å²) >= 11 is 6.04. The van der Waals surface area contributed by atoms with Crippen LogP contribution in [0.1, 0.15) is 30.1 Å². The molecule has 1 aliphatic rings. The molecule has 1 fully saturated rings. The Balaban J connectivity index is 0.00000312. The number of carbonyl (C=O) groups excluding carboxylic acids is 1. The molecule has 1 aliphatic heterocycles. The van der Waals surface area contributed by atoms with Crippen LogP contribution in [0.2, 0.25) is 5.02 Å². The third-order valence-corrected chi connectivity index (χ3v) is 6.45. The Morgan fingerprint density at radius 2 is 2.00 bits per heavy atom. The van der Waals surface area contributed by atoms with E-state index in [9.17, 15) is 13.2 Å². The Morgan fingerprint density at radius 3 is 2.52 bits per heavy atom. The molecule has 1 aromatic rings. The highest BCUT2D eigenvalue weighted by molar-refractivity contribution is 7.89. The third-order valence-electron chi connectivity index (χ3n) is 4.24. The fourth-order valence-corrected chi connectivity index (χ4v) is 4.60. The Morgan fingerprint density at radius 1 is 1.36 bits per heavy atom. The second kappa shape index (κ2) is 9.73. The fourth-order valence-electron chi connectivity index (χ4n) is 2.78. The van der Waals surface area contributed by atoms with Gasteiger partial charge in [-0.2, -0.15) is 4.31 Å². The minimum atomic E-state index is -3.60. The lowest BCUT2D eigenvalue weighted by atomic mass is 9.98. The Labute approximate surface area is 160 Å². The van der Waals surface area contributed by atoms with Crippen LogP contribution in [-0.4, -0.2) is 52.0 Å². The van der Waals surface area contributed by atoms with E-state index in [4.69, 9.17) is 11.6 Å². The zero-order chi connectivity index (χ0) is 17.7. The number of nitrogens with one attached hydrogen (secondary N) is 1. The van der Waals surface area contributed by atoms with Gasteiger partial charge in [0.05, 0.1) is 22.6 Å². The zero-order valence-corrected chi connectivity index (χ0v) is 16.7. The van der Waals surface area contributed by atoms with Gasteiger partial charge in [-0.05, 0) is 50.0 Å². The molecule has 25 heavy (non-hydrogen) atoms. The average molecular weight is 411 g/mol. The van der Waals surface area contributed by atoms with Crippen molar-refractivity contribution in [3.05, 3.63) is 28.8 Å². The van der Waals surface area contributed by atoms with E-state index in [0.717, 1.165) is 25.9 Å². The minimum Gasteiger partial charge on any atom is -0.465 e. The quantitative estimate of drug-likeness (QED) is 0.729. The average Bonchev–Trinajstić information content (AvgIpc) is 2.59. The number of hydrogen-bond donors (Lipinski definition) is 1. The van der Waals surface area contributed by atoms with Gasteiger partial charge in [0.25, 0.3) is 0 Å². The molecule has 0 radical (unpaired) electrons. The molecule has 0 unspecified atom stereocenters. The van der Waals surface area contributed by atoms with Gasteiger partial charge in [0.2, 0.25) is 10.0 Å². The van der Waals surface area contributed by atoms with Crippen LogP contribution in [0, 0.1) is 5.92 Å². The highest BCUT2D eigenvalue weighted by Crippen LogP contribution is 2.27. The van der Waals surface area contributed by atoms with Gasteiger partial charge in [-0.15, -0.1) is 12.4 Å². The van der Waals surface area contributed by atoms with Crippen LogP contribution >= 0.6 is 24.0 Å². The Kier molecular flexibility index (Phi) is 8.63. The minimum absolute atomic E-state index is 0. The first-order chi connectivity index (χ1) is 11.4. The van der Waals surface area contributed by atoms with Crippen molar-refractivity contribution < 1.29 is 17.9 Å². The maximum atomic E-state index is 12.7. The van der Waals surface area contributed by atoms with Crippen molar-refractivity contribution in [3.8, 4) is 0 Å². The van der Waals surface area contributed by atoms with E-state index in [1.54, 1.807) is 0 Å². The lowest BCUT2D eigenvalue weighted by Gasteiger charge is -2.31. The summed E-state index contributed by atoms with van der Waals surface area (Å²) in [5.41, 5.74) is 0.155. The molecule has 1 heterocycles. The fraction of sp³-hybridized carbons (Fsp3) is 0.562. The van der Waals surface area contributed by atoms with Crippen LogP contribution in [0.5, 0.6) is 0 Å². The predicted molar refractivity (Wildman–Crippen MR) is 100 cm³/mol. The molecule has 1 N–H and O–H groups in total. The number of halogens is 2. The molecule has 2 rings (SSSR count). The molecule has 0 spiro atoms. The molecular formula is C16H24Cl2N2O4S. The van der Waals surface area contributed by atoms with E-state index >= 15 is 0 Å². The topological polar surface area (TPSA) is 75.7 Å². The second-order valence-electron chi connectivity index (χ2n) is 5.79. The summed E-state index contributed by atoms with van der Waals surface area (Å²) in [7, 11) is -2.35. The van der Waals surface area contributed by atoms with Crippen LogP contribution in [0.15, 0.2) is 23.1 Å². The maximum absolute atomic E-state index is 12.7. The molecule has 142 valence electrons. The number of nitrogens with zero attached hydrogens (tertiary/aromatic N) is 1. The third kappa shape index (κ3) is 5.31. The zero-order valence-electron chi connectivity index (χ0n) is 14.3. The van der Waals surface area contributed by atoms with Gasteiger partial charge in [-0.3, -0.25) is 0 Å². The van der Waals surface area contributed by atoms with E-state index in [2.05, 4.69) is 17.0 Å². The SMILES string of the molecule is CCNCC1CCN(S(=O)(=O)c2ccc(C(=O)OC)c(Cl)c2)CC1.Cl. The molecule has 0 amide bonds. The number of esters is 1. The Bertz CT molecular complexity index is 689. The highest BCUT2D eigenvalue weighted by atomic mass is 35.5. The lowest BCUT2D eigenvalue weighted by Crippen LogP contribution is -2.40. The van der Waals surface area contributed by atoms with Gasteiger partial charge in [0.1, 0.15) is 0 Å². The normalized spacial score (nSPS) is 16.3. The first kappa shape index (κ1) is 22.2. The van der Waals surface area contributed by atoms with Crippen LogP contribution in [0.4, 0.5) is 0 Å². The summed E-state index contributed by atoms with van der Waals surface area (Å²) in [5, 5.41) is 3.38. The van der Waals surface area contributed by atoms with Gasteiger partial charge in [-0.25, -0.2) is 13.2 Å². The molecule has 1 saturated heterocycles. The summed E-state index contributed by atoms with van der Waals surface area (Å²) in [4.78, 5) is 11.6. The standard InChI is InChI=1S/C16H23ClN2O4S.ClH/c1-3-18-11-12-6-8-19(9-7-12)24(21,22)13-4-5-14(15(17)10-13)16(20)23-2;/h4-5,10,12,18H,3,6-9,11H2,1-2H3;1H. The van der Waals surface area contributed by atoms with E-state index in [1.807, 2.05) is 0 Å². The number of methoxy groups -OCH3 is 1. The van der Waals surface area contributed by atoms with Gasteiger partial charge < -0.3 is 10.1 Å². The first-order valence-electron chi connectivity index (χ1n) is 7.98. The number of rotatable bonds is 6. The molecule has 1 aromatic carbocycles. The van der Waals surface area contributed by atoms with Crippen molar-refractivity contribution in [2.24, 2.45) is 5.92 Å². The summed E-state index contributed by atoms with van der Waals surface area (Å²) in [6.07, 6.45) is 1.67.